The van der Waals surface area contributed by atoms with Gasteiger partial charge in [-0.2, -0.15) is 0 Å². The molecule has 0 bridgehead atoms. The van der Waals surface area contributed by atoms with Gasteiger partial charge in [-0.15, -0.1) is 12.4 Å². The van der Waals surface area contributed by atoms with Crippen LogP contribution >= 0.6 is 12.4 Å². The number of nitrogens with one attached hydrogen (secondary N) is 1. The fourth-order valence-electron chi connectivity index (χ4n) is 3.70. The third-order valence-corrected chi connectivity index (χ3v) is 5.04. The fourth-order valence-corrected chi connectivity index (χ4v) is 3.70. The highest BCUT2D eigenvalue weighted by Gasteiger charge is 2.21. The molecule has 0 unspecified atom stereocenters. The van der Waals surface area contributed by atoms with Gasteiger partial charge in [-0.25, -0.2) is 14.4 Å². The van der Waals surface area contributed by atoms with Gasteiger partial charge in [0.05, 0.1) is 0 Å². The van der Waals surface area contributed by atoms with Gasteiger partial charge in [-0.3, -0.25) is 0 Å². The number of piperazine rings is 1. The molecule has 0 spiro atoms. The summed E-state index contributed by atoms with van der Waals surface area (Å²) in [4.78, 5) is 17.1. The van der Waals surface area contributed by atoms with E-state index in [9.17, 15) is 4.39 Å². The van der Waals surface area contributed by atoms with E-state index in [2.05, 4.69) is 36.9 Å². The molecule has 7 heteroatoms. The Labute approximate surface area is 162 Å². The van der Waals surface area contributed by atoms with Gasteiger partial charge in [0.15, 0.2) is 5.82 Å². The predicted molar refractivity (Wildman–Crippen MR) is 109 cm³/mol. The summed E-state index contributed by atoms with van der Waals surface area (Å²) >= 11 is 0. The average molecular weight is 384 g/mol. The van der Waals surface area contributed by atoms with Crippen LogP contribution in [0.3, 0.4) is 0 Å². The maximum atomic E-state index is 13.1. The van der Waals surface area contributed by atoms with Crippen LogP contribution in [0, 0.1) is 5.82 Å². The highest BCUT2D eigenvalue weighted by atomic mass is 35.5. The number of rotatable bonds is 2. The third-order valence-electron chi connectivity index (χ3n) is 5.04. The lowest BCUT2D eigenvalue weighted by Crippen LogP contribution is -2.47. The second-order valence-electron chi connectivity index (χ2n) is 6.54. The van der Waals surface area contributed by atoms with E-state index in [4.69, 9.17) is 0 Å². The van der Waals surface area contributed by atoms with Crippen molar-refractivity contribution >= 4 is 45.8 Å². The Morgan fingerprint density at radius 3 is 2.33 bits per heavy atom. The van der Waals surface area contributed by atoms with Crippen molar-refractivity contribution in [2.45, 2.75) is 0 Å². The zero-order chi connectivity index (χ0) is 17.5. The van der Waals surface area contributed by atoms with Crippen molar-refractivity contribution in [2.75, 3.05) is 36.0 Å². The van der Waals surface area contributed by atoms with Crippen molar-refractivity contribution in [3.63, 3.8) is 0 Å². The van der Waals surface area contributed by atoms with Crippen LogP contribution in [-0.2, 0) is 0 Å². The second kappa shape index (κ2) is 7.04. The van der Waals surface area contributed by atoms with Crippen LogP contribution in [-0.4, -0.2) is 41.1 Å². The predicted octanol–water partition coefficient (Wildman–Crippen LogP) is 4.00. The number of hydrogen-bond acceptors (Lipinski definition) is 4. The fraction of sp³-hybridized carbons (Fsp3) is 0.200. The van der Waals surface area contributed by atoms with Crippen LogP contribution in [0.25, 0.3) is 21.9 Å². The van der Waals surface area contributed by atoms with E-state index in [0.717, 1.165) is 59.6 Å². The van der Waals surface area contributed by atoms with E-state index >= 15 is 0 Å². The zero-order valence-corrected chi connectivity index (χ0v) is 15.4. The summed E-state index contributed by atoms with van der Waals surface area (Å²) in [6, 6.07) is 14.9. The van der Waals surface area contributed by atoms with Gasteiger partial charge in [0.2, 0.25) is 0 Å². The van der Waals surface area contributed by atoms with Crippen molar-refractivity contribution in [3.8, 4) is 0 Å². The molecule has 2 aromatic carbocycles. The number of anilines is 2. The van der Waals surface area contributed by atoms with E-state index in [1.54, 1.807) is 6.33 Å². The quantitative estimate of drug-likeness (QED) is 0.568. The maximum Gasteiger partial charge on any atom is 0.156 e. The molecule has 1 aliphatic rings. The molecule has 27 heavy (non-hydrogen) atoms. The molecule has 5 nitrogen and oxygen atoms in total. The summed E-state index contributed by atoms with van der Waals surface area (Å²) in [5, 5.41) is 1.12. The average Bonchev–Trinajstić information content (AvgIpc) is 3.08. The van der Waals surface area contributed by atoms with Gasteiger partial charge in [0.25, 0.3) is 0 Å². The molecule has 1 N–H and O–H groups in total. The SMILES string of the molecule is Cl.Fc1ccc(N2CCN(c3ncnc4c3[nH]c3ccccc34)CC2)cc1. The van der Waals surface area contributed by atoms with Gasteiger partial charge in [0.1, 0.15) is 23.2 Å². The Bertz CT molecular complexity index is 1070. The summed E-state index contributed by atoms with van der Waals surface area (Å²) in [5.74, 6) is 0.750. The first-order valence-electron chi connectivity index (χ1n) is 8.76. The molecule has 1 fully saturated rings. The van der Waals surface area contributed by atoms with Gasteiger partial charge in [-0.05, 0) is 30.3 Å². The summed E-state index contributed by atoms with van der Waals surface area (Å²) < 4.78 is 13.1. The molecular formula is C20H19ClFN5. The molecule has 4 aromatic rings. The number of fused-ring (bicyclic) bond motifs is 3. The first kappa shape index (κ1) is 17.5. The van der Waals surface area contributed by atoms with Crippen LogP contribution in [0.15, 0.2) is 54.9 Å². The number of aromatic nitrogens is 3. The largest absolute Gasteiger partial charge is 0.368 e. The summed E-state index contributed by atoms with van der Waals surface area (Å²) in [6.07, 6.45) is 1.64. The summed E-state index contributed by atoms with van der Waals surface area (Å²) in [7, 11) is 0. The van der Waals surface area contributed by atoms with E-state index in [0.29, 0.717) is 0 Å². The minimum absolute atomic E-state index is 0. The Balaban J connectivity index is 0.00000180. The lowest BCUT2D eigenvalue weighted by Gasteiger charge is -2.36. The van der Waals surface area contributed by atoms with Gasteiger partial charge in [0, 0.05) is 42.8 Å². The van der Waals surface area contributed by atoms with Crippen molar-refractivity contribution in [1.29, 1.82) is 0 Å². The van der Waals surface area contributed by atoms with Crippen LogP contribution in [0.5, 0.6) is 0 Å². The number of benzene rings is 2. The zero-order valence-electron chi connectivity index (χ0n) is 14.6. The minimum atomic E-state index is -0.199. The molecule has 1 aliphatic heterocycles. The van der Waals surface area contributed by atoms with Crippen LogP contribution in [0.2, 0.25) is 0 Å². The second-order valence-corrected chi connectivity index (χ2v) is 6.54. The van der Waals surface area contributed by atoms with Crippen LogP contribution < -0.4 is 9.80 Å². The Hall–Kier alpha value is -2.86. The molecule has 0 amide bonds. The summed E-state index contributed by atoms with van der Waals surface area (Å²) in [6.45, 7) is 3.46. The number of H-pyrrole nitrogens is 1. The maximum absolute atomic E-state index is 13.1. The molecule has 5 rings (SSSR count). The highest BCUT2D eigenvalue weighted by molar-refractivity contribution is 6.08. The highest BCUT2D eigenvalue weighted by Crippen LogP contribution is 2.29. The molecule has 138 valence electrons. The van der Waals surface area contributed by atoms with Crippen LogP contribution in [0.4, 0.5) is 15.9 Å². The number of halogens is 2. The van der Waals surface area contributed by atoms with Gasteiger partial charge < -0.3 is 14.8 Å². The van der Waals surface area contributed by atoms with Gasteiger partial charge >= 0.3 is 0 Å². The minimum Gasteiger partial charge on any atom is -0.368 e. The number of para-hydroxylation sites is 1. The number of nitrogens with zero attached hydrogens (tertiary/aromatic N) is 4. The molecule has 0 radical (unpaired) electrons. The lowest BCUT2D eigenvalue weighted by molar-refractivity contribution is 0.624. The normalized spacial score (nSPS) is 14.6. The van der Waals surface area contributed by atoms with Crippen molar-refractivity contribution in [3.05, 3.63) is 60.7 Å². The molecule has 0 atom stereocenters. The molecule has 3 heterocycles. The number of hydrogen-bond donors (Lipinski definition) is 1. The Morgan fingerprint density at radius 1 is 0.852 bits per heavy atom. The Kier molecular flexibility index (Phi) is 4.58. The van der Waals surface area contributed by atoms with Gasteiger partial charge in [-0.1, -0.05) is 18.2 Å². The van der Waals surface area contributed by atoms with E-state index in [1.807, 2.05) is 24.3 Å². The monoisotopic (exact) mass is 383 g/mol. The molecule has 0 aliphatic carbocycles. The summed E-state index contributed by atoms with van der Waals surface area (Å²) in [5.41, 5.74) is 4.09. The van der Waals surface area contributed by atoms with Crippen molar-refractivity contribution in [1.82, 2.24) is 15.0 Å². The molecule has 0 saturated carbocycles. The lowest BCUT2D eigenvalue weighted by atomic mass is 10.2. The third kappa shape index (κ3) is 3.06. The first-order valence-corrected chi connectivity index (χ1v) is 8.76. The first-order chi connectivity index (χ1) is 12.8. The van der Waals surface area contributed by atoms with E-state index in [1.165, 1.54) is 12.1 Å². The van der Waals surface area contributed by atoms with E-state index in [-0.39, 0.29) is 18.2 Å². The van der Waals surface area contributed by atoms with Crippen molar-refractivity contribution < 1.29 is 4.39 Å². The van der Waals surface area contributed by atoms with Crippen molar-refractivity contribution in [2.24, 2.45) is 0 Å². The van der Waals surface area contributed by atoms with E-state index < -0.39 is 0 Å². The number of aromatic amines is 1. The molecular weight excluding hydrogens is 365 g/mol. The smallest absolute Gasteiger partial charge is 0.156 e. The Morgan fingerprint density at radius 2 is 1.56 bits per heavy atom. The molecule has 2 aromatic heterocycles. The standard InChI is InChI=1S/C20H18FN5.ClH/c21-14-5-7-15(8-6-14)25-9-11-26(12-10-25)20-19-18(22-13-23-20)16-3-1-2-4-17(16)24-19;/h1-8,13,24H,9-12H2;1H. The van der Waals surface area contributed by atoms with Crippen LogP contribution in [0.1, 0.15) is 0 Å². The topological polar surface area (TPSA) is 48.1 Å². The molecule has 1 saturated heterocycles.